The third kappa shape index (κ3) is 12.8. The van der Waals surface area contributed by atoms with Gasteiger partial charge in [0.05, 0.1) is 43.5 Å². The summed E-state index contributed by atoms with van der Waals surface area (Å²) in [6.45, 7) is 9.75. The second-order valence-electron chi connectivity index (χ2n) is 12.8. The first kappa shape index (κ1) is 40.0. The molecule has 1 aromatic rings. The molecule has 1 aromatic carbocycles. The molecule has 1 saturated heterocycles. The smallest absolute Gasteiger partial charge is 0.309 e. The molecule has 6 amide bonds. The highest BCUT2D eigenvalue weighted by Crippen LogP contribution is 2.33. The van der Waals surface area contributed by atoms with Crippen molar-refractivity contribution in [3.8, 4) is 5.75 Å². The van der Waals surface area contributed by atoms with E-state index in [2.05, 4.69) is 16.0 Å². The van der Waals surface area contributed by atoms with Gasteiger partial charge in [0.15, 0.2) is 6.61 Å². The largest absolute Gasteiger partial charge is 0.483 e. The lowest BCUT2D eigenvalue weighted by Gasteiger charge is -2.27. The Bertz CT molecular complexity index is 1390. The van der Waals surface area contributed by atoms with Gasteiger partial charge in [-0.1, -0.05) is 13.0 Å². The van der Waals surface area contributed by atoms with Crippen molar-refractivity contribution in [2.75, 3.05) is 59.3 Å². The Balaban J connectivity index is 1.17. The first-order chi connectivity index (χ1) is 23.8. The molecule has 2 heterocycles. The van der Waals surface area contributed by atoms with Crippen LogP contribution in [0.1, 0.15) is 80.5 Å². The van der Waals surface area contributed by atoms with Crippen LogP contribution in [-0.2, 0) is 42.9 Å². The minimum absolute atomic E-state index is 0.00984. The zero-order chi connectivity index (χ0) is 36.7. The van der Waals surface area contributed by atoms with E-state index < -0.39 is 59.7 Å². The summed E-state index contributed by atoms with van der Waals surface area (Å²) in [6.07, 6.45) is 1.28. The van der Waals surface area contributed by atoms with Crippen LogP contribution < -0.4 is 20.7 Å². The Morgan fingerprint density at radius 2 is 1.48 bits per heavy atom. The third-order valence-electron chi connectivity index (χ3n) is 7.41. The van der Waals surface area contributed by atoms with Gasteiger partial charge in [-0.15, -0.1) is 0 Å². The highest BCUT2D eigenvalue weighted by Gasteiger charge is 2.46. The van der Waals surface area contributed by atoms with Crippen LogP contribution in [0.2, 0.25) is 0 Å². The molecule has 0 aliphatic carbocycles. The second kappa shape index (κ2) is 19.7. The number of piperidine rings is 1. The number of ether oxygens (including phenoxy) is 5. The fourth-order valence-electron chi connectivity index (χ4n) is 4.98. The Labute approximate surface area is 291 Å². The Kier molecular flexibility index (Phi) is 15.8. The van der Waals surface area contributed by atoms with Crippen LogP contribution in [0.5, 0.6) is 5.75 Å². The Hall–Kier alpha value is -4.41. The zero-order valence-corrected chi connectivity index (χ0v) is 29.1. The SMILES string of the molecule is C[C@@H](CC(=O)NCCCOCCOCCOCCCNC(=O)COc1cccc2c1C(=O)N(C1CCC(=O)NC1=O)C2=O)C(=O)OC(C)(C)C. The van der Waals surface area contributed by atoms with E-state index in [4.69, 9.17) is 23.7 Å². The number of amides is 6. The number of imide groups is 2. The summed E-state index contributed by atoms with van der Waals surface area (Å²) in [6, 6.07) is 3.33. The van der Waals surface area contributed by atoms with E-state index in [-0.39, 0.29) is 42.0 Å². The number of esters is 1. The van der Waals surface area contributed by atoms with E-state index in [0.717, 1.165) is 4.90 Å². The molecule has 0 spiro atoms. The van der Waals surface area contributed by atoms with Gasteiger partial charge in [-0.3, -0.25) is 43.8 Å². The minimum atomic E-state index is -1.10. The van der Waals surface area contributed by atoms with Crippen LogP contribution in [0.4, 0.5) is 0 Å². The molecule has 1 fully saturated rings. The number of carbonyl (C=O) groups is 7. The van der Waals surface area contributed by atoms with Gasteiger partial charge in [0, 0.05) is 39.1 Å². The minimum Gasteiger partial charge on any atom is -0.483 e. The Morgan fingerprint density at radius 1 is 0.880 bits per heavy atom. The average molecular weight is 705 g/mol. The summed E-state index contributed by atoms with van der Waals surface area (Å²) in [4.78, 5) is 86.9. The van der Waals surface area contributed by atoms with E-state index in [1.165, 1.54) is 18.2 Å². The van der Waals surface area contributed by atoms with Crippen molar-refractivity contribution in [3.63, 3.8) is 0 Å². The maximum Gasteiger partial charge on any atom is 0.309 e. The van der Waals surface area contributed by atoms with Gasteiger partial charge in [-0.25, -0.2) is 0 Å². The van der Waals surface area contributed by atoms with Crippen molar-refractivity contribution >= 4 is 41.4 Å². The molecule has 2 aliphatic rings. The van der Waals surface area contributed by atoms with Gasteiger partial charge in [-0.2, -0.15) is 0 Å². The molecule has 2 aliphatic heterocycles. The summed E-state index contributed by atoms with van der Waals surface area (Å²) in [5.41, 5.74) is -0.551. The van der Waals surface area contributed by atoms with Crippen LogP contribution in [0, 0.1) is 5.92 Å². The van der Waals surface area contributed by atoms with Crippen molar-refractivity contribution in [1.82, 2.24) is 20.9 Å². The predicted octanol–water partition coefficient (Wildman–Crippen LogP) is 0.897. The molecule has 3 N–H and O–H groups in total. The molecule has 16 nitrogen and oxygen atoms in total. The van der Waals surface area contributed by atoms with E-state index in [1.807, 2.05) is 0 Å². The number of fused-ring (bicyclic) bond motifs is 1. The fraction of sp³-hybridized carbons (Fsp3) is 0.618. The highest BCUT2D eigenvalue weighted by atomic mass is 16.6. The van der Waals surface area contributed by atoms with Gasteiger partial charge in [0.1, 0.15) is 17.4 Å². The van der Waals surface area contributed by atoms with Crippen LogP contribution in [0.25, 0.3) is 0 Å². The van der Waals surface area contributed by atoms with Crippen molar-refractivity contribution in [3.05, 3.63) is 29.3 Å². The van der Waals surface area contributed by atoms with Crippen LogP contribution in [0.3, 0.4) is 0 Å². The van der Waals surface area contributed by atoms with Crippen molar-refractivity contribution in [2.45, 2.75) is 71.4 Å². The molecule has 16 heteroatoms. The van der Waals surface area contributed by atoms with Gasteiger partial charge >= 0.3 is 5.97 Å². The van der Waals surface area contributed by atoms with Crippen LogP contribution in [0.15, 0.2) is 18.2 Å². The van der Waals surface area contributed by atoms with Gasteiger partial charge in [-0.05, 0) is 52.2 Å². The van der Waals surface area contributed by atoms with Crippen molar-refractivity contribution < 1.29 is 57.2 Å². The molecule has 3 rings (SSSR count). The quantitative estimate of drug-likeness (QED) is 0.0928. The van der Waals surface area contributed by atoms with E-state index in [1.54, 1.807) is 27.7 Å². The van der Waals surface area contributed by atoms with Gasteiger partial charge in [0.25, 0.3) is 17.7 Å². The van der Waals surface area contributed by atoms with Crippen LogP contribution >= 0.6 is 0 Å². The number of carbonyl (C=O) groups excluding carboxylic acids is 7. The van der Waals surface area contributed by atoms with E-state index in [9.17, 15) is 33.6 Å². The topological polar surface area (TPSA) is 205 Å². The molecule has 50 heavy (non-hydrogen) atoms. The van der Waals surface area contributed by atoms with Gasteiger partial charge in [0.2, 0.25) is 17.7 Å². The monoisotopic (exact) mass is 704 g/mol. The lowest BCUT2D eigenvalue weighted by molar-refractivity contribution is -0.160. The standard InChI is InChI=1S/C34H48N4O12/c1-22(33(45)50-34(2,3)4)20-27(40)35-12-6-14-46-16-18-48-19-17-47-15-7-13-36-28(41)21-49-25-9-5-8-23-29(25)32(44)38(31(23)43)24-10-11-26(39)37-30(24)42/h5,8-9,22,24H,6-7,10-21H2,1-4H3,(H,35,40)(H,36,41)(H,37,39,42)/t22-,24?/m0/s1. The first-order valence-electron chi connectivity index (χ1n) is 16.8. The van der Waals surface area contributed by atoms with Crippen molar-refractivity contribution in [2.24, 2.45) is 5.92 Å². The summed E-state index contributed by atoms with van der Waals surface area (Å²) in [5.74, 6) is -4.06. The number of nitrogens with zero attached hydrogens (tertiary/aromatic N) is 1. The molecule has 1 unspecified atom stereocenters. The molecule has 0 radical (unpaired) electrons. The number of benzene rings is 1. The maximum absolute atomic E-state index is 13.1. The first-order valence-corrected chi connectivity index (χ1v) is 16.8. The molecular formula is C34H48N4O12. The molecule has 0 aromatic heterocycles. The fourth-order valence-corrected chi connectivity index (χ4v) is 4.98. The normalized spacial score (nSPS) is 16.5. The molecule has 276 valence electrons. The maximum atomic E-state index is 13.1. The number of hydrogen-bond acceptors (Lipinski definition) is 12. The number of nitrogens with one attached hydrogen (secondary N) is 3. The summed E-state index contributed by atoms with van der Waals surface area (Å²) in [5, 5.41) is 7.61. The predicted molar refractivity (Wildman–Crippen MR) is 176 cm³/mol. The third-order valence-corrected chi connectivity index (χ3v) is 7.41. The Morgan fingerprint density at radius 3 is 2.08 bits per heavy atom. The van der Waals surface area contributed by atoms with E-state index in [0.29, 0.717) is 65.6 Å². The highest BCUT2D eigenvalue weighted by molar-refractivity contribution is 6.24. The molecular weight excluding hydrogens is 656 g/mol. The summed E-state index contributed by atoms with van der Waals surface area (Å²) in [7, 11) is 0. The molecule has 2 atom stereocenters. The zero-order valence-electron chi connectivity index (χ0n) is 29.1. The molecule has 0 saturated carbocycles. The summed E-state index contributed by atoms with van der Waals surface area (Å²) < 4.78 is 27.3. The number of rotatable bonds is 21. The van der Waals surface area contributed by atoms with E-state index >= 15 is 0 Å². The molecule has 0 bridgehead atoms. The number of hydrogen-bond donors (Lipinski definition) is 3. The average Bonchev–Trinajstić information content (AvgIpc) is 3.30. The van der Waals surface area contributed by atoms with Crippen LogP contribution in [-0.4, -0.2) is 117 Å². The lowest BCUT2D eigenvalue weighted by atomic mass is 10.0. The lowest BCUT2D eigenvalue weighted by Crippen LogP contribution is -2.54. The van der Waals surface area contributed by atoms with Crippen molar-refractivity contribution in [1.29, 1.82) is 0 Å². The second-order valence-corrected chi connectivity index (χ2v) is 12.8. The van der Waals surface area contributed by atoms with Gasteiger partial charge < -0.3 is 34.3 Å². The summed E-state index contributed by atoms with van der Waals surface area (Å²) >= 11 is 0.